The molecular formula is C18H25NO3. The van der Waals surface area contributed by atoms with Crippen LogP contribution in [0.4, 0.5) is 0 Å². The van der Waals surface area contributed by atoms with Gasteiger partial charge in [-0.3, -0.25) is 9.59 Å². The molecule has 0 aliphatic heterocycles. The van der Waals surface area contributed by atoms with Gasteiger partial charge in [0.25, 0.3) is 0 Å². The smallest absolute Gasteiger partial charge is 0.305 e. The van der Waals surface area contributed by atoms with E-state index in [1.165, 1.54) is 0 Å². The average Bonchev–Trinajstić information content (AvgIpc) is 2.47. The van der Waals surface area contributed by atoms with E-state index < -0.39 is 11.4 Å². The largest absolute Gasteiger partial charge is 0.481 e. The number of nitrogens with one attached hydrogen (secondary N) is 1. The molecule has 4 heteroatoms. The minimum Gasteiger partial charge on any atom is -0.481 e. The first-order valence-corrected chi connectivity index (χ1v) is 8.04. The molecule has 120 valence electrons. The summed E-state index contributed by atoms with van der Waals surface area (Å²) in [5, 5.41) is 11.8. The van der Waals surface area contributed by atoms with E-state index in [1.807, 2.05) is 25.1 Å². The second-order valence-electron chi connectivity index (χ2n) is 6.48. The fraction of sp³-hybridized carbons (Fsp3) is 0.556. The van der Waals surface area contributed by atoms with E-state index in [0.717, 1.165) is 43.2 Å². The molecule has 1 amide bonds. The molecule has 1 aromatic rings. The zero-order chi connectivity index (χ0) is 16.2. The molecule has 1 aromatic carbocycles. The van der Waals surface area contributed by atoms with E-state index in [9.17, 15) is 9.59 Å². The van der Waals surface area contributed by atoms with Crippen LogP contribution in [0.1, 0.15) is 56.6 Å². The SMILES string of the molecule is Cc1cccc(C2(C(=O)NC(C)CC(=O)O)CCCCC2)c1. The first kappa shape index (κ1) is 16.5. The van der Waals surface area contributed by atoms with Crippen LogP contribution in [0.2, 0.25) is 0 Å². The van der Waals surface area contributed by atoms with Crippen LogP contribution in [0.15, 0.2) is 24.3 Å². The van der Waals surface area contributed by atoms with Gasteiger partial charge in [-0.05, 0) is 32.3 Å². The third kappa shape index (κ3) is 3.67. The molecule has 22 heavy (non-hydrogen) atoms. The first-order valence-electron chi connectivity index (χ1n) is 8.04. The fourth-order valence-electron chi connectivity index (χ4n) is 3.42. The Morgan fingerprint density at radius 1 is 1.27 bits per heavy atom. The van der Waals surface area contributed by atoms with E-state index >= 15 is 0 Å². The summed E-state index contributed by atoms with van der Waals surface area (Å²) >= 11 is 0. The highest BCUT2D eigenvalue weighted by Crippen LogP contribution is 2.40. The van der Waals surface area contributed by atoms with Crippen molar-refractivity contribution in [3.8, 4) is 0 Å². The van der Waals surface area contributed by atoms with Crippen LogP contribution in [0.25, 0.3) is 0 Å². The van der Waals surface area contributed by atoms with Crippen molar-refractivity contribution in [3.05, 3.63) is 35.4 Å². The fourth-order valence-corrected chi connectivity index (χ4v) is 3.42. The standard InChI is InChI=1S/C18H25NO3/c1-13-7-6-8-15(11-13)18(9-4-3-5-10-18)17(22)19-14(2)12-16(20)21/h6-8,11,14H,3-5,9-10,12H2,1-2H3,(H,19,22)(H,20,21). The summed E-state index contributed by atoms with van der Waals surface area (Å²) in [6.07, 6.45) is 4.86. The lowest BCUT2D eigenvalue weighted by Crippen LogP contribution is -2.49. The summed E-state index contributed by atoms with van der Waals surface area (Å²) in [6, 6.07) is 7.79. The second-order valence-corrected chi connectivity index (χ2v) is 6.48. The number of carbonyl (C=O) groups is 2. The Balaban J connectivity index is 2.25. The number of rotatable bonds is 5. The van der Waals surface area contributed by atoms with E-state index in [1.54, 1.807) is 6.92 Å². The maximum atomic E-state index is 12.9. The topological polar surface area (TPSA) is 66.4 Å². The predicted octanol–water partition coefficient (Wildman–Crippen LogP) is 3.18. The number of hydrogen-bond acceptors (Lipinski definition) is 2. The Labute approximate surface area is 131 Å². The van der Waals surface area contributed by atoms with Crippen molar-refractivity contribution in [1.82, 2.24) is 5.32 Å². The molecule has 1 atom stereocenters. The molecule has 1 aliphatic carbocycles. The molecule has 4 nitrogen and oxygen atoms in total. The van der Waals surface area contributed by atoms with Gasteiger partial charge in [0.2, 0.25) is 5.91 Å². The number of carboxylic acids is 1. The highest BCUT2D eigenvalue weighted by molar-refractivity contribution is 5.89. The molecule has 1 unspecified atom stereocenters. The lowest BCUT2D eigenvalue weighted by atomic mass is 9.68. The van der Waals surface area contributed by atoms with E-state index in [-0.39, 0.29) is 18.4 Å². The maximum Gasteiger partial charge on any atom is 0.305 e. The number of aryl methyl sites for hydroxylation is 1. The van der Waals surface area contributed by atoms with Crippen LogP contribution in [0, 0.1) is 6.92 Å². The Morgan fingerprint density at radius 2 is 1.95 bits per heavy atom. The number of carbonyl (C=O) groups excluding carboxylic acids is 1. The molecule has 0 aromatic heterocycles. The van der Waals surface area contributed by atoms with Gasteiger partial charge in [0.15, 0.2) is 0 Å². The Kier molecular flexibility index (Phi) is 5.22. The van der Waals surface area contributed by atoms with Crippen molar-refractivity contribution in [1.29, 1.82) is 0 Å². The van der Waals surface area contributed by atoms with Crippen LogP contribution in [-0.4, -0.2) is 23.0 Å². The number of benzene rings is 1. The molecule has 1 saturated carbocycles. The van der Waals surface area contributed by atoms with Gasteiger partial charge in [-0.1, -0.05) is 49.1 Å². The number of hydrogen-bond donors (Lipinski definition) is 2. The van der Waals surface area contributed by atoms with Crippen molar-refractivity contribution < 1.29 is 14.7 Å². The van der Waals surface area contributed by atoms with Crippen LogP contribution in [-0.2, 0) is 15.0 Å². The Hall–Kier alpha value is -1.84. The number of carboxylic acid groups (broad SMARTS) is 1. The van der Waals surface area contributed by atoms with Gasteiger partial charge in [-0.15, -0.1) is 0 Å². The first-order chi connectivity index (χ1) is 10.4. The molecular weight excluding hydrogens is 278 g/mol. The molecule has 0 heterocycles. The minimum absolute atomic E-state index is 0.0217. The van der Waals surface area contributed by atoms with Crippen LogP contribution in [0.5, 0.6) is 0 Å². The normalized spacial score (nSPS) is 18.5. The lowest BCUT2D eigenvalue weighted by Gasteiger charge is -2.37. The highest BCUT2D eigenvalue weighted by atomic mass is 16.4. The highest BCUT2D eigenvalue weighted by Gasteiger charge is 2.41. The maximum absolute atomic E-state index is 12.9. The van der Waals surface area contributed by atoms with Gasteiger partial charge in [-0.2, -0.15) is 0 Å². The zero-order valence-electron chi connectivity index (χ0n) is 13.4. The summed E-state index contributed by atoms with van der Waals surface area (Å²) in [4.78, 5) is 23.7. The van der Waals surface area contributed by atoms with E-state index in [4.69, 9.17) is 5.11 Å². The van der Waals surface area contributed by atoms with Gasteiger partial charge in [0, 0.05) is 6.04 Å². The Bertz CT molecular complexity index is 547. The average molecular weight is 303 g/mol. The van der Waals surface area contributed by atoms with Gasteiger partial charge in [0.05, 0.1) is 11.8 Å². The zero-order valence-corrected chi connectivity index (χ0v) is 13.4. The van der Waals surface area contributed by atoms with E-state index in [2.05, 4.69) is 11.4 Å². The quantitative estimate of drug-likeness (QED) is 0.878. The van der Waals surface area contributed by atoms with Gasteiger partial charge in [0.1, 0.15) is 0 Å². The van der Waals surface area contributed by atoms with Crippen molar-refractivity contribution in [2.24, 2.45) is 0 Å². The molecule has 0 saturated heterocycles. The second kappa shape index (κ2) is 6.95. The number of aliphatic carboxylic acids is 1. The molecule has 1 fully saturated rings. The van der Waals surface area contributed by atoms with Gasteiger partial charge < -0.3 is 10.4 Å². The van der Waals surface area contributed by atoms with Gasteiger partial charge >= 0.3 is 5.97 Å². The minimum atomic E-state index is -0.888. The Morgan fingerprint density at radius 3 is 2.55 bits per heavy atom. The lowest BCUT2D eigenvalue weighted by molar-refractivity contribution is -0.137. The third-order valence-electron chi connectivity index (χ3n) is 4.57. The molecule has 0 spiro atoms. The molecule has 2 N–H and O–H groups in total. The van der Waals surface area contributed by atoms with Gasteiger partial charge in [-0.25, -0.2) is 0 Å². The molecule has 0 radical (unpaired) electrons. The summed E-state index contributed by atoms with van der Waals surface area (Å²) in [6.45, 7) is 3.78. The van der Waals surface area contributed by atoms with Crippen molar-refractivity contribution in [2.45, 2.75) is 63.8 Å². The summed E-state index contributed by atoms with van der Waals surface area (Å²) in [5.41, 5.74) is 1.71. The van der Waals surface area contributed by atoms with Crippen molar-refractivity contribution in [3.63, 3.8) is 0 Å². The molecule has 2 rings (SSSR count). The molecule has 1 aliphatic rings. The van der Waals surface area contributed by atoms with Crippen LogP contribution >= 0.6 is 0 Å². The summed E-state index contributed by atoms with van der Waals surface area (Å²) in [7, 11) is 0. The van der Waals surface area contributed by atoms with E-state index in [0.29, 0.717) is 0 Å². The monoisotopic (exact) mass is 303 g/mol. The van der Waals surface area contributed by atoms with Crippen molar-refractivity contribution in [2.75, 3.05) is 0 Å². The van der Waals surface area contributed by atoms with Crippen molar-refractivity contribution >= 4 is 11.9 Å². The van der Waals surface area contributed by atoms with Crippen LogP contribution in [0.3, 0.4) is 0 Å². The van der Waals surface area contributed by atoms with Crippen LogP contribution < -0.4 is 5.32 Å². The number of amides is 1. The molecule has 0 bridgehead atoms. The third-order valence-corrected chi connectivity index (χ3v) is 4.57. The summed E-state index contributed by atoms with van der Waals surface area (Å²) in [5.74, 6) is -0.910. The summed E-state index contributed by atoms with van der Waals surface area (Å²) < 4.78 is 0. The predicted molar refractivity (Wildman–Crippen MR) is 85.8 cm³/mol.